The van der Waals surface area contributed by atoms with Gasteiger partial charge in [-0.15, -0.1) is 0 Å². The van der Waals surface area contributed by atoms with E-state index in [1.165, 1.54) is 44.4 Å². The lowest BCUT2D eigenvalue weighted by molar-refractivity contribution is -0.139. The molecule has 4 aromatic rings. The van der Waals surface area contributed by atoms with E-state index in [1.807, 2.05) is 50.2 Å². The number of likely N-dealkylation sites (N-methyl/N-ethyl adjacent to an activating group) is 1. The van der Waals surface area contributed by atoms with E-state index in [4.69, 9.17) is 21.1 Å². The Morgan fingerprint density at radius 3 is 2.09 bits per heavy atom. The molecular weight excluding hydrogens is 626 g/mol. The van der Waals surface area contributed by atoms with Gasteiger partial charge in [-0.1, -0.05) is 60.1 Å². The summed E-state index contributed by atoms with van der Waals surface area (Å²) in [5.41, 5.74) is 3.46. The minimum absolute atomic E-state index is 0.0153. The summed E-state index contributed by atoms with van der Waals surface area (Å²) in [6.07, 6.45) is 0.207. The van der Waals surface area contributed by atoms with Crippen molar-refractivity contribution in [2.45, 2.75) is 37.8 Å². The van der Waals surface area contributed by atoms with Crippen LogP contribution in [0, 0.1) is 13.8 Å². The smallest absolute Gasteiger partial charge is 0.264 e. The molecule has 11 heteroatoms. The van der Waals surface area contributed by atoms with Gasteiger partial charge in [0.1, 0.15) is 12.6 Å². The van der Waals surface area contributed by atoms with Gasteiger partial charge in [0.05, 0.1) is 24.8 Å². The standard InChI is InChI=1S/C35H38ClN3O6S/c1-24-16-25(2)18-29(17-24)39(46(42,43)30-14-15-32(44-4)33(21-30)45-5)23-34(40)38(22-27-12-9-13-28(36)19-27)31(35(41)37-3)20-26-10-7-6-8-11-26/h6-19,21,31H,20,22-23H2,1-5H3,(H,37,41)/t31-/m0/s1. The van der Waals surface area contributed by atoms with E-state index >= 15 is 0 Å². The van der Waals surface area contributed by atoms with Gasteiger partial charge in [-0.3, -0.25) is 13.9 Å². The number of methoxy groups -OCH3 is 2. The number of hydrogen-bond donors (Lipinski definition) is 1. The number of aryl methyl sites for hydroxylation is 2. The first-order valence-electron chi connectivity index (χ1n) is 14.6. The number of rotatable bonds is 13. The summed E-state index contributed by atoms with van der Waals surface area (Å²) in [4.78, 5) is 29.2. The quantitative estimate of drug-likeness (QED) is 0.201. The molecule has 0 aliphatic rings. The third-order valence-electron chi connectivity index (χ3n) is 7.48. The molecule has 1 N–H and O–H groups in total. The van der Waals surface area contributed by atoms with Gasteiger partial charge in [0.15, 0.2) is 11.5 Å². The van der Waals surface area contributed by atoms with Gasteiger partial charge >= 0.3 is 0 Å². The molecule has 0 aliphatic heterocycles. The molecule has 4 aromatic carbocycles. The van der Waals surface area contributed by atoms with Crippen LogP contribution in [0.1, 0.15) is 22.3 Å². The summed E-state index contributed by atoms with van der Waals surface area (Å²) >= 11 is 6.29. The van der Waals surface area contributed by atoms with Crippen LogP contribution in [0.2, 0.25) is 5.02 Å². The normalized spacial score (nSPS) is 11.8. The van der Waals surface area contributed by atoms with Crippen LogP contribution < -0.4 is 19.1 Å². The summed E-state index contributed by atoms with van der Waals surface area (Å²) in [6, 6.07) is 25.0. The van der Waals surface area contributed by atoms with Crippen LogP contribution in [-0.2, 0) is 32.6 Å². The number of carbonyl (C=O) groups is 2. The number of halogens is 1. The Balaban J connectivity index is 1.84. The zero-order chi connectivity index (χ0) is 33.4. The average molecular weight is 664 g/mol. The van der Waals surface area contributed by atoms with Crippen LogP contribution in [0.5, 0.6) is 11.5 Å². The molecule has 2 amide bonds. The lowest BCUT2D eigenvalue weighted by atomic mass is 10.0. The summed E-state index contributed by atoms with van der Waals surface area (Å²) in [7, 11) is 0.0437. The van der Waals surface area contributed by atoms with Crippen molar-refractivity contribution >= 4 is 39.1 Å². The molecular formula is C35H38ClN3O6S. The Morgan fingerprint density at radius 1 is 0.826 bits per heavy atom. The van der Waals surface area contributed by atoms with E-state index in [1.54, 1.807) is 36.4 Å². The van der Waals surface area contributed by atoms with Crippen LogP contribution in [0.25, 0.3) is 0 Å². The molecule has 0 saturated carbocycles. The van der Waals surface area contributed by atoms with E-state index in [0.717, 1.165) is 21.0 Å². The lowest BCUT2D eigenvalue weighted by Crippen LogP contribution is -2.53. The first-order valence-corrected chi connectivity index (χ1v) is 16.4. The fraction of sp³-hybridized carbons (Fsp3) is 0.257. The van der Waals surface area contributed by atoms with E-state index in [0.29, 0.717) is 22.0 Å². The Kier molecular flexibility index (Phi) is 11.3. The van der Waals surface area contributed by atoms with Crippen molar-refractivity contribution in [3.05, 3.63) is 118 Å². The number of benzene rings is 4. The molecule has 4 rings (SSSR count). The lowest BCUT2D eigenvalue weighted by Gasteiger charge is -2.33. The van der Waals surface area contributed by atoms with E-state index < -0.39 is 28.5 Å². The molecule has 0 aromatic heterocycles. The largest absolute Gasteiger partial charge is 0.493 e. The predicted octanol–water partition coefficient (Wildman–Crippen LogP) is 5.56. The van der Waals surface area contributed by atoms with Crippen LogP contribution in [0.15, 0.2) is 95.9 Å². The van der Waals surface area contributed by atoms with E-state index in [2.05, 4.69) is 5.32 Å². The minimum atomic E-state index is -4.34. The molecule has 242 valence electrons. The summed E-state index contributed by atoms with van der Waals surface area (Å²) in [5, 5.41) is 3.15. The summed E-state index contributed by atoms with van der Waals surface area (Å²) in [5.74, 6) is -0.384. The first-order chi connectivity index (χ1) is 22.0. The third kappa shape index (κ3) is 8.18. The molecule has 0 bridgehead atoms. The van der Waals surface area contributed by atoms with Crippen LogP contribution >= 0.6 is 11.6 Å². The predicted molar refractivity (Wildman–Crippen MR) is 180 cm³/mol. The highest BCUT2D eigenvalue weighted by Gasteiger charge is 2.35. The second kappa shape index (κ2) is 15.2. The fourth-order valence-electron chi connectivity index (χ4n) is 5.28. The molecule has 0 fully saturated rings. The second-order valence-corrected chi connectivity index (χ2v) is 13.1. The number of hydrogen-bond acceptors (Lipinski definition) is 6. The molecule has 9 nitrogen and oxygen atoms in total. The number of nitrogens with one attached hydrogen (secondary N) is 1. The molecule has 0 saturated heterocycles. The number of anilines is 1. The SMILES string of the molecule is CNC(=O)[C@H](Cc1ccccc1)N(Cc1cccc(Cl)c1)C(=O)CN(c1cc(C)cc(C)c1)S(=O)(=O)c1ccc(OC)c(OC)c1. The maximum absolute atomic E-state index is 14.5. The van der Waals surface area contributed by atoms with Crippen LogP contribution in [-0.4, -0.2) is 59.0 Å². The van der Waals surface area contributed by atoms with Crippen molar-refractivity contribution in [1.82, 2.24) is 10.2 Å². The monoisotopic (exact) mass is 663 g/mol. The first kappa shape index (κ1) is 34.3. The van der Waals surface area contributed by atoms with Crippen molar-refractivity contribution in [1.29, 1.82) is 0 Å². The number of sulfonamides is 1. The molecule has 1 atom stereocenters. The van der Waals surface area contributed by atoms with Gasteiger partial charge in [-0.05, 0) is 72.5 Å². The van der Waals surface area contributed by atoms with E-state index in [9.17, 15) is 18.0 Å². The topological polar surface area (TPSA) is 105 Å². The van der Waals surface area contributed by atoms with Crippen molar-refractivity contribution < 1.29 is 27.5 Å². The van der Waals surface area contributed by atoms with Crippen molar-refractivity contribution in [2.75, 3.05) is 32.1 Å². The maximum Gasteiger partial charge on any atom is 0.264 e. The van der Waals surface area contributed by atoms with Gasteiger partial charge < -0.3 is 19.7 Å². The van der Waals surface area contributed by atoms with Gasteiger partial charge in [0.2, 0.25) is 11.8 Å². The van der Waals surface area contributed by atoms with Crippen molar-refractivity contribution in [2.24, 2.45) is 0 Å². The highest BCUT2D eigenvalue weighted by atomic mass is 35.5. The van der Waals surface area contributed by atoms with Gasteiger partial charge in [0, 0.05) is 31.1 Å². The summed E-state index contributed by atoms with van der Waals surface area (Å²) in [6.45, 7) is 3.14. The van der Waals surface area contributed by atoms with E-state index in [-0.39, 0.29) is 29.5 Å². The van der Waals surface area contributed by atoms with Crippen LogP contribution in [0.4, 0.5) is 5.69 Å². The Hall–Kier alpha value is -4.54. The second-order valence-electron chi connectivity index (χ2n) is 10.8. The zero-order valence-electron chi connectivity index (χ0n) is 26.5. The number of amides is 2. The van der Waals surface area contributed by atoms with Crippen LogP contribution in [0.3, 0.4) is 0 Å². The molecule has 0 unspecified atom stereocenters. The highest BCUT2D eigenvalue weighted by molar-refractivity contribution is 7.92. The molecule has 0 heterocycles. The molecule has 0 aliphatic carbocycles. The molecule has 46 heavy (non-hydrogen) atoms. The van der Waals surface area contributed by atoms with Crippen molar-refractivity contribution in [3.63, 3.8) is 0 Å². The number of ether oxygens (including phenoxy) is 2. The third-order valence-corrected chi connectivity index (χ3v) is 9.48. The van der Waals surface area contributed by atoms with Gasteiger partial charge in [-0.2, -0.15) is 0 Å². The number of carbonyl (C=O) groups excluding carboxylic acids is 2. The molecule has 0 spiro atoms. The molecule has 0 radical (unpaired) electrons. The Labute approximate surface area is 275 Å². The fourth-order valence-corrected chi connectivity index (χ4v) is 6.91. The zero-order valence-corrected chi connectivity index (χ0v) is 28.1. The maximum atomic E-state index is 14.5. The summed E-state index contributed by atoms with van der Waals surface area (Å²) < 4.78 is 40.6. The highest BCUT2D eigenvalue weighted by Crippen LogP contribution is 2.33. The van der Waals surface area contributed by atoms with Gasteiger partial charge in [0.25, 0.3) is 10.0 Å². The minimum Gasteiger partial charge on any atom is -0.493 e. The average Bonchev–Trinajstić information content (AvgIpc) is 3.04. The number of nitrogens with zero attached hydrogens (tertiary/aromatic N) is 2. The van der Waals surface area contributed by atoms with Gasteiger partial charge in [-0.25, -0.2) is 8.42 Å². The Morgan fingerprint density at radius 2 is 1.48 bits per heavy atom. The van der Waals surface area contributed by atoms with Crippen molar-refractivity contribution in [3.8, 4) is 11.5 Å². The Bertz CT molecular complexity index is 1780.